The van der Waals surface area contributed by atoms with Crippen molar-refractivity contribution < 1.29 is 9.13 Å². The summed E-state index contributed by atoms with van der Waals surface area (Å²) < 4.78 is 16.7. The standard InChI is InChI=1S/C7H15FO/c1-7(2,3)9-6-4-5-8/h4-6H2,1-3H3/i8-1. The first-order valence-corrected chi connectivity index (χ1v) is 3.26. The largest absolute Gasteiger partial charge is 0.376 e. The normalized spacial score (nSPS) is 12.0. The molecule has 0 aromatic carbocycles. The van der Waals surface area contributed by atoms with Crippen molar-refractivity contribution >= 4 is 0 Å². The van der Waals surface area contributed by atoms with Crippen LogP contribution in [0.3, 0.4) is 0 Å². The predicted octanol–water partition coefficient (Wildman–Crippen LogP) is 2.16. The average Bonchev–Trinajstić information content (AvgIpc) is 1.63. The molecule has 0 N–H and O–H groups in total. The Hall–Kier alpha value is -0.110. The minimum atomic E-state index is -0.282. The minimum Gasteiger partial charge on any atom is -0.376 e. The molecule has 0 bridgehead atoms. The molecule has 0 aliphatic carbocycles. The molecule has 2 heteroatoms. The highest BCUT2D eigenvalue weighted by Crippen LogP contribution is 2.06. The zero-order valence-electron chi connectivity index (χ0n) is 6.41. The van der Waals surface area contributed by atoms with Crippen molar-refractivity contribution in [1.29, 1.82) is 0 Å². The first-order chi connectivity index (χ1) is 4.06. The van der Waals surface area contributed by atoms with Crippen molar-refractivity contribution in [3.05, 3.63) is 0 Å². The van der Waals surface area contributed by atoms with E-state index < -0.39 is 0 Å². The summed E-state index contributed by atoms with van der Waals surface area (Å²) in [5, 5.41) is 0. The van der Waals surface area contributed by atoms with E-state index >= 15 is 0 Å². The second-order valence-corrected chi connectivity index (χ2v) is 3.00. The van der Waals surface area contributed by atoms with Gasteiger partial charge in [-0.3, -0.25) is 4.39 Å². The van der Waals surface area contributed by atoms with Gasteiger partial charge in [-0.25, -0.2) is 0 Å². The molecule has 9 heavy (non-hydrogen) atoms. The van der Waals surface area contributed by atoms with Gasteiger partial charge in [-0.1, -0.05) is 0 Å². The van der Waals surface area contributed by atoms with E-state index in [2.05, 4.69) is 0 Å². The molecule has 0 rings (SSSR count). The van der Waals surface area contributed by atoms with E-state index in [-0.39, 0.29) is 12.3 Å². The van der Waals surface area contributed by atoms with Crippen molar-refractivity contribution in [2.75, 3.05) is 13.3 Å². The monoisotopic (exact) mass is 133 g/mol. The smallest absolute Gasteiger partial charge is 0.0916 e. The van der Waals surface area contributed by atoms with E-state index in [1.807, 2.05) is 20.8 Å². The molecular weight excluding hydrogens is 118 g/mol. The van der Waals surface area contributed by atoms with Gasteiger partial charge in [0.25, 0.3) is 0 Å². The van der Waals surface area contributed by atoms with Crippen molar-refractivity contribution in [2.24, 2.45) is 0 Å². The molecule has 0 amide bonds. The molecule has 1 nitrogen and oxygen atoms in total. The van der Waals surface area contributed by atoms with Crippen LogP contribution in [0.2, 0.25) is 0 Å². The topological polar surface area (TPSA) is 9.23 Å². The Kier molecular flexibility index (Phi) is 3.78. The Morgan fingerprint density at radius 3 is 2.22 bits per heavy atom. The molecule has 0 aliphatic heterocycles. The van der Waals surface area contributed by atoms with Crippen LogP contribution >= 0.6 is 0 Å². The summed E-state index contributed by atoms with van der Waals surface area (Å²) in [5.74, 6) is 0. The van der Waals surface area contributed by atoms with E-state index in [0.29, 0.717) is 13.0 Å². The number of alkyl halides is 1. The third-order valence-corrected chi connectivity index (χ3v) is 0.813. The summed E-state index contributed by atoms with van der Waals surface area (Å²) in [6, 6.07) is 0. The summed E-state index contributed by atoms with van der Waals surface area (Å²) in [6.45, 7) is 6.14. The Labute approximate surface area is 56.2 Å². The summed E-state index contributed by atoms with van der Waals surface area (Å²) in [5.41, 5.74) is -0.116. The van der Waals surface area contributed by atoms with E-state index in [0.717, 1.165) is 0 Å². The maximum absolute atomic E-state index is 11.5. The summed E-state index contributed by atoms with van der Waals surface area (Å²) in [4.78, 5) is 0. The number of hydrogen-bond acceptors (Lipinski definition) is 1. The molecule has 0 spiro atoms. The van der Waals surface area contributed by atoms with E-state index in [9.17, 15) is 4.39 Å². The summed E-state index contributed by atoms with van der Waals surface area (Å²) in [6.07, 6.45) is 0.511. The SMILES string of the molecule is CC(C)(C)OCCC[18F]. The van der Waals surface area contributed by atoms with Crippen LogP contribution in [0.25, 0.3) is 0 Å². The van der Waals surface area contributed by atoms with Crippen LogP contribution in [0.4, 0.5) is 4.39 Å². The van der Waals surface area contributed by atoms with Gasteiger partial charge in [0.15, 0.2) is 0 Å². The van der Waals surface area contributed by atoms with Crippen LogP contribution in [-0.4, -0.2) is 18.9 Å². The third-order valence-electron chi connectivity index (χ3n) is 0.813. The fourth-order valence-electron chi connectivity index (χ4n) is 0.433. The first-order valence-electron chi connectivity index (χ1n) is 3.26. The molecule has 0 aliphatic rings. The maximum Gasteiger partial charge on any atom is 0.0916 e. The van der Waals surface area contributed by atoms with Gasteiger partial charge in [0.1, 0.15) is 0 Å². The highest BCUT2D eigenvalue weighted by atomic mass is 18.2. The van der Waals surface area contributed by atoms with Crippen LogP contribution < -0.4 is 0 Å². The van der Waals surface area contributed by atoms with Crippen LogP contribution in [0.15, 0.2) is 0 Å². The number of rotatable bonds is 3. The molecule has 0 unspecified atom stereocenters. The van der Waals surface area contributed by atoms with Gasteiger partial charge < -0.3 is 4.74 Å². The fourth-order valence-corrected chi connectivity index (χ4v) is 0.433. The van der Waals surface area contributed by atoms with Gasteiger partial charge in [-0.2, -0.15) is 0 Å². The Balaban J connectivity index is 3.07. The van der Waals surface area contributed by atoms with Crippen molar-refractivity contribution in [3.8, 4) is 0 Å². The van der Waals surface area contributed by atoms with Crippen molar-refractivity contribution in [3.63, 3.8) is 0 Å². The number of halogens is 1. The van der Waals surface area contributed by atoms with E-state index in [1.165, 1.54) is 0 Å². The van der Waals surface area contributed by atoms with Gasteiger partial charge in [0.2, 0.25) is 0 Å². The van der Waals surface area contributed by atoms with Crippen LogP contribution in [-0.2, 0) is 4.74 Å². The minimum absolute atomic E-state index is 0.116. The molecule has 0 saturated heterocycles. The second-order valence-electron chi connectivity index (χ2n) is 3.00. The number of hydrogen-bond donors (Lipinski definition) is 0. The molecule has 0 atom stereocenters. The summed E-state index contributed by atoms with van der Waals surface area (Å²) >= 11 is 0. The quantitative estimate of drug-likeness (QED) is 0.536. The van der Waals surface area contributed by atoms with Gasteiger partial charge in [0, 0.05) is 6.61 Å². The van der Waals surface area contributed by atoms with E-state index in [1.54, 1.807) is 0 Å². The highest BCUT2D eigenvalue weighted by Gasteiger charge is 2.08. The average molecular weight is 133 g/mol. The molecule has 0 saturated carbocycles. The molecule has 56 valence electrons. The van der Waals surface area contributed by atoms with Gasteiger partial charge in [-0.15, -0.1) is 0 Å². The lowest BCUT2D eigenvalue weighted by molar-refractivity contribution is -0.00574. The Morgan fingerprint density at radius 2 is 1.89 bits per heavy atom. The Morgan fingerprint density at radius 1 is 1.33 bits per heavy atom. The van der Waals surface area contributed by atoms with Crippen LogP contribution in [0, 0.1) is 0 Å². The zero-order valence-corrected chi connectivity index (χ0v) is 6.41. The molecule has 0 heterocycles. The predicted molar refractivity (Wildman–Crippen MR) is 36.3 cm³/mol. The number of ether oxygens (including phenoxy) is 1. The van der Waals surface area contributed by atoms with Crippen molar-refractivity contribution in [2.45, 2.75) is 32.8 Å². The highest BCUT2D eigenvalue weighted by molar-refractivity contribution is 4.57. The maximum atomic E-state index is 11.5. The van der Waals surface area contributed by atoms with Crippen LogP contribution in [0.5, 0.6) is 0 Å². The van der Waals surface area contributed by atoms with Gasteiger partial charge in [0.05, 0.1) is 12.3 Å². The molecule has 0 aromatic heterocycles. The third kappa shape index (κ3) is 7.89. The fraction of sp³-hybridized carbons (Fsp3) is 1.00. The first kappa shape index (κ1) is 8.89. The lowest BCUT2D eigenvalue weighted by Crippen LogP contribution is -2.19. The van der Waals surface area contributed by atoms with Crippen LogP contribution in [0.1, 0.15) is 27.2 Å². The molecule has 0 fully saturated rings. The lowest BCUT2D eigenvalue weighted by Gasteiger charge is -2.18. The van der Waals surface area contributed by atoms with Gasteiger partial charge >= 0.3 is 0 Å². The second kappa shape index (κ2) is 3.83. The zero-order chi connectivity index (χ0) is 7.33. The lowest BCUT2D eigenvalue weighted by atomic mass is 10.2. The molecule has 0 aromatic rings. The molecular formula is C7H15FO. The Bertz CT molecular complexity index is 65.8. The van der Waals surface area contributed by atoms with Gasteiger partial charge in [-0.05, 0) is 27.2 Å². The summed E-state index contributed by atoms with van der Waals surface area (Å²) in [7, 11) is 0. The van der Waals surface area contributed by atoms with E-state index in [4.69, 9.17) is 4.74 Å². The molecule has 0 radical (unpaired) electrons. The van der Waals surface area contributed by atoms with Crippen molar-refractivity contribution in [1.82, 2.24) is 0 Å².